The molecule has 0 fully saturated rings. The molecule has 4 atom stereocenters. The number of nitrogens with two attached hydrogens (primary N) is 1. The van der Waals surface area contributed by atoms with Gasteiger partial charge in [-0.15, -0.1) is 10.2 Å². The lowest BCUT2D eigenvalue weighted by Crippen LogP contribution is -2.41. The molecule has 0 radical (unpaired) electrons. The molecule has 7 N–H and O–H groups in total. The Labute approximate surface area is 321 Å². The molecule has 53 heavy (non-hydrogen) atoms. The Hall–Kier alpha value is -4.76. The summed E-state index contributed by atoms with van der Waals surface area (Å²) in [5.74, 6) is -2.99. The molecule has 288 valence electrons. The summed E-state index contributed by atoms with van der Waals surface area (Å²) in [6.07, 6.45) is 1.03. The van der Waals surface area contributed by atoms with Crippen LogP contribution >= 0.6 is 31.9 Å². The van der Waals surface area contributed by atoms with Gasteiger partial charge in [0.2, 0.25) is 0 Å². The number of halogens is 2. The molecule has 2 heterocycles. The first-order chi connectivity index (χ1) is 25.1. The number of aliphatic hydroxyl groups is 2. The fourth-order valence-electron chi connectivity index (χ4n) is 4.39. The lowest BCUT2D eigenvalue weighted by atomic mass is 10.00. The minimum absolute atomic E-state index is 0.0301. The van der Waals surface area contributed by atoms with Crippen molar-refractivity contribution in [3.05, 3.63) is 92.4 Å². The Balaban J connectivity index is 0.000000309. The molecular formula is C33H42Br2N8O10. The summed E-state index contributed by atoms with van der Waals surface area (Å²) in [4.78, 5) is 45.7. The first-order valence-electron chi connectivity index (χ1n) is 16.1. The molecule has 4 rings (SSSR count). The SMILES string of the molecule is CCOC(=O)[C@H](O)C[C@@H](Cc1ccc(Br)cc1)NC(=O)c1cn(O)nn1.CCOC(=O)[C@H](O)C[C@H](N)Cc1ccc(Br)cc1.Cn1cc(C(=O)O)nn1. The number of carbonyl (C=O) groups excluding carboxylic acids is 3. The summed E-state index contributed by atoms with van der Waals surface area (Å²) in [7, 11) is 1.61. The molecule has 0 saturated carbocycles. The van der Waals surface area contributed by atoms with Crippen LogP contribution in [0.15, 0.2) is 69.9 Å². The number of nitrogens with zero attached hydrogens (tertiary/aromatic N) is 6. The van der Waals surface area contributed by atoms with Crippen LogP contribution < -0.4 is 11.1 Å². The number of amides is 1. The van der Waals surface area contributed by atoms with E-state index in [0.717, 1.165) is 26.3 Å². The molecule has 4 aromatic rings. The van der Waals surface area contributed by atoms with Gasteiger partial charge in [-0.25, -0.2) is 14.4 Å². The number of aromatic nitrogens is 6. The molecule has 0 bridgehead atoms. The molecule has 20 heteroatoms. The highest BCUT2D eigenvalue weighted by Gasteiger charge is 2.25. The highest BCUT2D eigenvalue weighted by atomic mass is 79.9. The van der Waals surface area contributed by atoms with E-state index in [2.05, 4.69) is 57.8 Å². The molecule has 2 aromatic carbocycles. The Morgan fingerprint density at radius 1 is 0.792 bits per heavy atom. The molecule has 0 unspecified atom stereocenters. The molecule has 1 amide bonds. The molecule has 0 aliphatic rings. The second-order valence-corrected chi connectivity index (χ2v) is 13.0. The van der Waals surface area contributed by atoms with Crippen LogP contribution in [-0.4, -0.2) is 112 Å². The highest BCUT2D eigenvalue weighted by Crippen LogP contribution is 2.15. The zero-order valence-electron chi connectivity index (χ0n) is 29.1. The van der Waals surface area contributed by atoms with Crippen molar-refractivity contribution in [1.82, 2.24) is 35.5 Å². The zero-order chi connectivity index (χ0) is 39.5. The maximum atomic E-state index is 12.2. The van der Waals surface area contributed by atoms with Crippen molar-refractivity contribution in [2.75, 3.05) is 13.2 Å². The largest absolute Gasteiger partial charge is 0.476 e. The summed E-state index contributed by atoms with van der Waals surface area (Å²) in [6, 6.07) is 14.4. The van der Waals surface area contributed by atoms with Gasteiger partial charge in [-0.2, -0.15) is 0 Å². The quantitative estimate of drug-likeness (QED) is 0.0738. The fourth-order valence-corrected chi connectivity index (χ4v) is 4.92. The molecular weight excluding hydrogens is 828 g/mol. The van der Waals surface area contributed by atoms with Crippen molar-refractivity contribution in [3.8, 4) is 0 Å². The van der Waals surface area contributed by atoms with Gasteiger partial charge in [0, 0.05) is 34.5 Å². The number of carbonyl (C=O) groups is 4. The molecule has 18 nitrogen and oxygen atoms in total. The summed E-state index contributed by atoms with van der Waals surface area (Å²) in [5, 5.41) is 53.3. The fraction of sp³-hybridized carbons (Fsp3) is 0.394. The maximum Gasteiger partial charge on any atom is 0.358 e. The van der Waals surface area contributed by atoms with E-state index in [1.54, 1.807) is 20.9 Å². The number of aryl methyl sites for hydroxylation is 1. The third-order valence-electron chi connectivity index (χ3n) is 6.83. The van der Waals surface area contributed by atoms with Gasteiger partial charge < -0.3 is 41.1 Å². The molecule has 2 aromatic heterocycles. The van der Waals surface area contributed by atoms with Gasteiger partial charge in [-0.05, 0) is 73.7 Å². The van der Waals surface area contributed by atoms with Crippen LogP contribution in [0.4, 0.5) is 0 Å². The number of esters is 2. The van der Waals surface area contributed by atoms with Gasteiger partial charge in [0.25, 0.3) is 5.91 Å². The normalized spacial score (nSPS) is 12.8. The van der Waals surface area contributed by atoms with Crippen LogP contribution in [0.2, 0.25) is 0 Å². The van der Waals surface area contributed by atoms with E-state index in [9.17, 15) is 29.4 Å². The second kappa shape index (κ2) is 23.0. The smallest absolute Gasteiger partial charge is 0.358 e. The number of carboxylic acids is 1. The summed E-state index contributed by atoms with van der Waals surface area (Å²) in [5.41, 5.74) is 7.76. The number of hydrogen-bond acceptors (Lipinski definition) is 14. The number of nitrogens with one attached hydrogen (secondary N) is 1. The van der Waals surface area contributed by atoms with E-state index in [1.807, 2.05) is 48.5 Å². The third kappa shape index (κ3) is 17.1. The van der Waals surface area contributed by atoms with Gasteiger partial charge in [-0.1, -0.05) is 66.2 Å². The van der Waals surface area contributed by atoms with Crippen molar-refractivity contribution >= 4 is 55.7 Å². The van der Waals surface area contributed by atoms with Crippen molar-refractivity contribution in [2.45, 2.75) is 63.8 Å². The third-order valence-corrected chi connectivity index (χ3v) is 7.89. The predicted octanol–water partition coefficient (Wildman–Crippen LogP) is 2.08. The summed E-state index contributed by atoms with van der Waals surface area (Å²) >= 11 is 6.71. The van der Waals surface area contributed by atoms with Crippen LogP contribution in [0.3, 0.4) is 0 Å². The number of carboxylic acid groups (broad SMARTS) is 1. The topological polar surface area (TPSA) is 267 Å². The highest BCUT2D eigenvalue weighted by molar-refractivity contribution is 9.10. The Kier molecular flexibility index (Phi) is 19.3. The first-order valence-corrected chi connectivity index (χ1v) is 17.7. The average molecular weight is 871 g/mol. The summed E-state index contributed by atoms with van der Waals surface area (Å²) < 4.78 is 12.8. The van der Waals surface area contributed by atoms with Gasteiger partial charge >= 0.3 is 17.9 Å². The van der Waals surface area contributed by atoms with Crippen LogP contribution in [0.25, 0.3) is 0 Å². The molecule has 0 saturated heterocycles. The number of aromatic carboxylic acids is 1. The van der Waals surface area contributed by atoms with Crippen molar-refractivity contribution in [3.63, 3.8) is 0 Å². The first kappa shape index (κ1) is 44.4. The Bertz CT molecular complexity index is 1740. The van der Waals surface area contributed by atoms with E-state index in [4.69, 9.17) is 25.5 Å². The predicted molar refractivity (Wildman–Crippen MR) is 195 cm³/mol. The monoisotopic (exact) mass is 868 g/mol. The summed E-state index contributed by atoms with van der Waals surface area (Å²) in [6.45, 7) is 3.76. The van der Waals surface area contributed by atoms with Crippen molar-refractivity contribution < 1.29 is 49.2 Å². The Morgan fingerprint density at radius 3 is 1.70 bits per heavy atom. The standard InChI is InChI=1S/C16H19BrN4O5.C13H18BrNO3.C4H5N3O2/c1-2-26-16(24)14(22)8-12(7-10-3-5-11(17)6-4-10)18-15(23)13-9-21(25)20-19-13;1-2-18-13(17)12(16)8-11(15)7-9-3-5-10(14)6-4-9;1-7-2-3(4(8)9)5-6-7/h3-6,9,12,14,22,25H,2,7-8H2,1H3,(H,18,23);3-6,11-12,16H,2,7-8,15H2,1H3;2H,1H3,(H,8,9)/t12-,14-;11-,12-;/m11./s1. The van der Waals surface area contributed by atoms with Crippen molar-refractivity contribution in [1.29, 1.82) is 0 Å². The molecule has 0 aliphatic heterocycles. The van der Waals surface area contributed by atoms with Gasteiger partial charge in [-0.3, -0.25) is 9.48 Å². The Morgan fingerprint density at radius 2 is 1.28 bits per heavy atom. The zero-order valence-corrected chi connectivity index (χ0v) is 32.3. The lowest BCUT2D eigenvalue weighted by molar-refractivity contribution is -0.154. The number of hydrogen-bond donors (Lipinski definition) is 6. The van der Waals surface area contributed by atoms with Crippen LogP contribution in [0, 0.1) is 0 Å². The molecule has 0 spiro atoms. The number of ether oxygens (including phenoxy) is 2. The minimum Gasteiger partial charge on any atom is -0.476 e. The minimum atomic E-state index is -1.37. The van der Waals surface area contributed by atoms with E-state index < -0.39 is 42.1 Å². The van der Waals surface area contributed by atoms with Gasteiger partial charge in [0.1, 0.15) is 0 Å². The van der Waals surface area contributed by atoms with Gasteiger partial charge in [0.15, 0.2) is 23.6 Å². The lowest BCUT2D eigenvalue weighted by Gasteiger charge is -2.21. The van der Waals surface area contributed by atoms with Crippen LogP contribution in [-0.2, 0) is 39.0 Å². The molecule has 0 aliphatic carbocycles. The van der Waals surface area contributed by atoms with Crippen molar-refractivity contribution in [2.24, 2.45) is 12.8 Å². The number of benzene rings is 2. The van der Waals surface area contributed by atoms with Crippen LogP contribution in [0.5, 0.6) is 0 Å². The van der Waals surface area contributed by atoms with E-state index in [0.29, 0.717) is 17.7 Å². The second-order valence-electron chi connectivity index (χ2n) is 11.2. The van der Waals surface area contributed by atoms with E-state index >= 15 is 0 Å². The average Bonchev–Trinajstić information content (AvgIpc) is 3.76. The van der Waals surface area contributed by atoms with Crippen LogP contribution in [0.1, 0.15) is 58.8 Å². The number of aliphatic hydroxyl groups excluding tert-OH is 2. The van der Waals surface area contributed by atoms with Gasteiger partial charge in [0.05, 0.1) is 25.6 Å². The van der Waals surface area contributed by atoms with E-state index in [-0.39, 0.29) is 43.5 Å². The van der Waals surface area contributed by atoms with E-state index in [1.165, 1.54) is 10.9 Å². The maximum absolute atomic E-state index is 12.2. The number of rotatable bonds is 15.